The Morgan fingerprint density at radius 2 is 1.38 bits per heavy atom. The average molecular weight is 461 g/mol. The van der Waals surface area contributed by atoms with Crippen molar-refractivity contribution >= 4 is 17.8 Å². The second-order valence-electron chi connectivity index (χ2n) is 7.78. The molecule has 7 nitrogen and oxygen atoms in total. The molecule has 0 spiro atoms. The Balaban J connectivity index is 1.75. The topological polar surface area (TPSA) is 105 Å². The lowest BCUT2D eigenvalue weighted by Gasteiger charge is -2.26. The highest BCUT2D eigenvalue weighted by molar-refractivity contribution is 5.95. The summed E-state index contributed by atoms with van der Waals surface area (Å²) in [6.07, 6.45) is -0.815. The molecule has 0 aliphatic rings. The van der Waals surface area contributed by atoms with E-state index in [-0.39, 0.29) is 0 Å². The molecule has 7 heteroatoms. The Kier molecular flexibility index (Phi) is 8.94. The minimum Gasteiger partial charge on any atom is -0.467 e. The van der Waals surface area contributed by atoms with Gasteiger partial charge in [0.25, 0.3) is 11.8 Å². The van der Waals surface area contributed by atoms with Gasteiger partial charge >= 0.3 is 5.97 Å². The van der Waals surface area contributed by atoms with Gasteiger partial charge < -0.3 is 20.5 Å². The summed E-state index contributed by atoms with van der Waals surface area (Å²) < 4.78 is 4.84. The fourth-order valence-corrected chi connectivity index (χ4v) is 3.57. The fraction of sp³-hybridized carbons (Fsp3) is 0.222. The number of hydrogen-bond acceptors (Lipinski definition) is 5. The second-order valence-corrected chi connectivity index (χ2v) is 7.78. The Labute approximate surface area is 198 Å². The molecule has 3 rings (SSSR count). The van der Waals surface area contributed by atoms with Crippen LogP contribution < -0.4 is 10.6 Å². The van der Waals surface area contributed by atoms with E-state index in [4.69, 9.17) is 4.74 Å². The highest BCUT2D eigenvalue weighted by Crippen LogP contribution is 2.19. The molecule has 0 aliphatic carbocycles. The molecule has 0 saturated heterocycles. The van der Waals surface area contributed by atoms with Crippen molar-refractivity contribution in [2.75, 3.05) is 7.11 Å². The van der Waals surface area contributed by atoms with Crippen molar-refractivity contribution in [3.63, 3.8) is 0 Å². The van der Waals surface area contributed by atoms with Crippen LogP contribution in [0.3, 0.4) is 0 Å². The summed E-state index contributed by atoms with van der Waals surface area (Å²) in [7, 11) is 1.24. The molecular formula is C27H28N2O5. The minimum atomic E-state index is -1.64. The number of methoxy groups -OCH3 is 1. The Hall–Kier alpha value is -3.97. The smallest absolute Gasteiger partial charge is 0.328 e. The summed E-state index contributed by atoms with van der Waals surface area (Å²) in [6.45, 7) is 0. The zero-order chi connectivity index (χ0) is 24.3. The molecule has 2 amide bonds. The van der Waals surface area contributed by atoms with E-state index in [2.05, 4.69) is 10.6 Å². The van der Waals surface area contributed by atoms with E-state index in [1.54, 1.807) is 60.7 Å². The Morgan fingerprint density at radius 3 is 1.97 bits per heavy atom. The molecule has 0 aliphatic heterocycles. The number of ether oxygens (including phenoxy) is 1. The lowest BCUT2D eigenvalue weighted by atomic mass is 9.99. The van der Waals surface area contributed by atoms with Crippen LogP contribution in [0.2, 0.25) is 0 Å². The lowest BCUT2D eigenvalue weighted by molar-refractivity contribution is -0.146. The van der Waals surface area contributed by atoms with E-state index in [0.717, 1.165) is 5.56 Å². The number of amides is 2. The molecule has 0 aromatic heterocycles. The van der Waals surface area contributed by atoms with Gasteiger partial charge in [-0.15, -0.1) is 0 Å². The summed E-state index contributed by atoms with van der Waals surface area (Å²) in [4.78, 5) is 38.1. The highest BCUT2D eigenvalue weighted by Gasteiger charge is 2.32. The maximum absolute atomic E-state index is 13.0. The zero-order valence-electron chi connectivity index (χ0n) is 18.9. The molecule has 0 bridgehead atoms. The van der Waals surface area contributed by atoms with Crippen molar-refractivity contribution in [2.24, 2.45) is 0 Å². The number of aliphatic hydroxyl groups excluding tert-OH is 1. The standard InChI is InChI=1S/C27H28N2O5/c1-34-27(33)22(18-17-19-11-5-2-6-12-19)28-26(32)24(30)23(20-13-7-3-8-14-20)29-25(31)21-15-9-4-10-16-21/h2-16,22-24,30H,17-18H2,1H3,(H,28,32)(H,29,31)/t22-,23-,24+/m0/s1. The largest absolute Gasteiger partial charge is 0.467 e. The second kappa shape index (κ2) is 12.3. The highest BCUT2D eigenvalue weighted by atomic mass is 16.5. The molecule has 176 valence electrons. The number of esters is 1. The summed E-state index contributed by atoms with van der Waals surface area (Å²) >= 11 is 0. The number of rotatable bonds is 10. The van der Waals surface area contributed by atoms with Crippen molar-refractivity contribution in [2.45, 2.75) is 31.0 Å². The molecule has 0 saturated carbocycles. The van der Waals surface area contributed by atoms with Gasteiger partial charge in [0.1, 0.15) is 6.04 Å². The number of benzene rings is 3. The van der Waals surface area contributed by atoms with Crippen molar-refractivity contribution < 1.29 is 24.2 Å². The lowest BCUT2D eigenvalue weighted by Crippen LogP contribution is -2.50. The number of carbonyl (C=O) groups is 3. The van der Waals surface area contributed by atoms with Crippen LogP contribution in [0, 0.1) is 0 Å². The first-order valence-corrected chi connectivity index (χ1v) is 11.0. The van der Waals surface area contributed by atoms with Crippen molar-refractivity contribution in [3.8, 4) is 0 Å². The average Bonchev–Trinajstić information content (AvgIpc) is 2.90. The van der Waals surface area contributed by atoms with Crippen LogP contribution in [0.4, 0.5) is 0 Å². The van der Waals surface area contributed by atoms with Gasteiger partial charge in [0.2, 0.25) is 0 Å². The molecule has 0 heterocycles. The molecule has 3 N–H and O–H groups in total. The Morgan fingerprint density at radius 1 is 0.824 bits per heavy atom. The monoisotopic (exact) mass is 460 g/mol. The minimum absolute atomic E-state index is 0.293. The summed E-state index contributed by atoms with van der Waals surface area (Å²) in [6, 6.07) is 24.8. The maximum Gasteiger partial charge on any atom is 0.328 e. The van der Waals surface area contributed by atoms with Gasteiger partial charge in [-0.2, -0.15) is 0 Å². The van der Waals surface area contributed by atoms with Crippen molar-refractivity contribution in [1.82, 2.24) is 10.6 Å². The van der Waals surface area contributed by atoms with Gasteiger partial charge in [-0.05, 0) is 36.1 Å². The Bertz CT molecular complexity index is 1070. The molecule has 0 unspecified atom stereocenters. The molecule has 3 atom stereocenters. The third-order valence-electron chi connectivity index (χ3n) is 5.43. The van der Waals surface area contributed by atoms with E-state index in [1.807, 2.05) is 30.3 Å². The van der Waals surface area contributed by atoms with E-state index < -0.39 is 36.0 Å². The number of aryl methyl sites for hydroxylation is 1. The van der Waals surface area contributed by atoms with Crippen LogP contribution in [-0.2, 0) is 20.7 Å². The van der Waals surface area contributed by atoms with E-state index in [1.165, 1.54) is 7.11 Å². The molecule has 3 aromatic carbocycles. The molecule has 0 radical (unpaired) electrons. The molecule has 0 fully saturated rings. The van der Waals surface area contributed by atoms with Crippen molar-refractivity contribution in [3.05, 3.63) is 108 Å². The first kappa shape index (κ1) is 24.7. The number of nitrogens with one attached hydrogen (secondary N) is 2. The SMILES string of the molecule is COC(=O)[C@H](CCc1ccccc1)NC(=O)[C@H](O)[C@@H](NC(=O)c1ccccc1)c1ccccc1. The zero-order valence-corrected chi connectivity index (χ0v) is 18.9. The van der Waals surface area contributed by atoms with Crippen LogP contribution in [0.5, 0.6) is 0 Å². The van der Waals surface area contributed by atoms with Crippen LogP contribution >= 0.6 is 0 Å². The van der Waals surface area contributed by atoms with Gasteiger partial charge in [-0.25, -0.2) is 4.79 Å². The van der Waals surface area contributed by atoms with Gasteiger partial charge in [0, 0.05) is 5.56 Å². The van der Waals surface area contributed by atoms with Crippen LogP contribution in [0.1, 0.15) is 33.9 Å². The third kappa shape index (κ3) is 6.76. The van der Waals surface area contributed by atoms with E-state index in [0.29, 0.717) is 24.0 Å². The first-order valence-electron chi connectivity index (χ1n) is 11.0. The van der Waals surface area contributed by atoms with Crippen LogP contribution in [-0.4, -0.2) is 42.1 Å². The third-order valence-corrected chi connectivity index (χ3v) is 5.43. The van der Waals surface area contributed by atoms with Gasteiger partial charge in [0.15, 0.2) is 6.10 Å². The predicted molar refractivity (Wildman–Crippen MR) is 128 cm³/mol. The first-order chi connectivity index (χ1) is 16.5. The fourth-order valence-electron chi connectivity index (χ4n) is 3.57. The van der Waals surface area contributed by atoms with Crippen LogP contribution in [0.15, 0.2) is 91.0 Å². The summed E-state index contributed by atoms with van der Waals surface area (Å²) in [5.74, 6) is -1.83. The maximum atomic E-state index is 13.0. The van der Waals surface area contributed by atoms with Crippen LogP contribution in [0.25, 0.3) is 0 Å². The van der Waals surface area contributed by atoms with Crippen molar-refractivity contribution in [1.29, 1.82) is 0 Å². The molecule has 3 aromatic rings. The van der Waals surface area contributed by atoms with Gasteiger partial charge in [-0.3, -0.25) is 9.59 Å². The molecule has 34 heavy (non-hydrogen) atoms. The number of aliphatic hydroxyl groups is 1. The predicted octanol–water partition coefficient (Wildman–Crippen LogP) is 2.81. The van der Waals surface area contributed by atoms with Gasteiger partial charge in [-0.1, -0.05) is 78.9 Å². The summed E-state index contributed by atoms with van der Waals surface area (Å²) in [5.41, 5.74) is 1.95. The molecular weight excluding hydrogens is 432 g/mol. The summed E-state index contributed by atoms with van der Waals surface area (Å²) in [5, 5.41) is 16.3. The number of hydrogen-bond donors (Lipinski definition) is 3. The quantitative estimate of drug-likeness (QED) is 0.404. The van der Waals surface area contributed by atoms with E-state index >= 15 is 0 Å². The van der Waals surface area contributed by atoms with Gasteiger partial charge in [0.05, 0.1) is 13.2 Å². The normalized spacial score (nSPS) is 13.2. The van der Waals surface area contributed by atoms with E-state index in [9.17, 15) is 19.5 Å². The number of carbonyl (C=O) groups excluding carboxylic acids is 3.